The van der Waals surface area contributed by atoms with Crippen LogP contribution in [0.25, 0.3) is 0 Å². The zero-order valence-electron chi connectivity index (χ0n) is 12.9. The van der Waals surface area contributed by atoms with Gasteiger partial charge >= 0.3 is 5.97 Å². The quantitative estimate of drug-likeness (QED) is 0.524. The molecule has 0 aromatic carbocycles. The van der Waals surface area contributed by atoms with Gasteiger partial charge in [0.15, 0.2) is 0 Å². The number of thioether (sulfide) groups is 1. The van der Waals surface area contributed by atoms with E-state index < -0.39 is 5.97 Å². The standard InChI is InChI=1S/C16H31NO2S/c1-2-3-4-5-6-7-8-9-10-11-12-15-17-14(13-20-15)16(18)19/h14-15,17H,2-13H2,1H3,(H,18,19)/t14-,15-/m0/s1. The molecule has 0 spiro atoms. The lowest BCUT2D eigenvalue weighted by Gasteiger charge is -2.10. The lowest BCUT2D eigenvalue weighted by Crippen LogP contribution is -2.36. The number of carbonyl (C=O) groups is 1. The molecule has 3 nitrogen and oxygen atoms in total. The van der Waals surface area contributed by atoms with Crippen molar-refractivity contribution in [3.05, 3.63) is 0 Å². The van der Waals surface area contributed by atoms with E-state index in [4.69, 9.17) is 5.11 Å². The normalized spacial score (nSPS) is 22.2. The lowest BCUT2D eigenvalue weighted by atomic mass is 10.1. The summed E-state index contributed by atoms with van der Waals surface area (Å²) in [6, 6.07) is -0.326. The van der Waals surface area contributed by atoms with Gasteiger partial charge in [-0.1, -0.05) is 71.1 Å². The van der Waals surface area contributed by atoms with E-state index in [0.717, 1.165) is 12.2 Å². The fourth-order valence-electron chi connectivity index (χ4n) is 2.66. The molecule has 4 heteroatoms. The van der Waals surface area contributed by atoms with Crippen LogP contribution < -0.4 is 5.32 Å². The maximum atomic E-state index is 10.8. The van der Waals surface area contributed by atoms with Gasteiger partial charge in [0.25, 0.3) is 0 Å². The van der Waals surface area contributed by atoms with Crippen LogP contribution in [0.2, 0.25) is 0 Å². The SMILES string of the molecule is CCCCCCCCCCCC[C@H]1N[C@H](C(=O)O)CS1. The Morgan fingerprint density at radius 3 is 2.10 bits per heavy atom. The average Bonchev–Trinajstić information content (AvgIpc) is 2.90. The fraction of sp³-hybridized carbons (Fsp3) is 0.938. The smallest absolute Gasteiger partial charge is 0.321 e. The van der Waals surface area contributed by atoms with Crippen molar-refractivity contribution in [3.8, 4) is 0 Å². The Labute approximate surface area is 128 Å². The van der Waals surface area contributed by atoms with E-state index in [2.05, 4.69) is 12.2 Å². The molecule has 1 rings (SSSR count). The zero-order chi connectivity index (χ0) is 14.6. The molecule has 0 saturated carbocycles. The van der Waals surface area contributed by atoms with Crippen molar-refractivity contribution in [2.24, 2.45) is 0 Å². The van der Waals surface area contributed by atoms with Crippen molar-refractivity contribution in [1.29, 1.82) is 0 Å². The summed E-state index contributed by atoms with van der Waals surface area (Å²) in [6.07, 6.45) is 14.7. The molecule has 0 radical (unpaired) electrons. The molecule has 2 atom stereocenters. The van der Waals surface area contributed by atoms with Crippen molar-refractivity contribution in [3.63, 3.8) is 0 Å². The third-order valence-electron chi connectivity index (χ3n) is 3.97. The molecule has 0 amide bonds. The van der Waals surface area contributed by atoms with Crippen LogP contribution in [0.15, 0.2) is 0 Å². The number of aliphatic carboxylic acids is 1. The van der Waals surface area contributed by atoms with E-state index in [1.807, 2.05) is 0 Å². The maximum absolute atomic E-state index is 10.8. The molecule has 2 N–H and O–H groups in total. The average molecular weight is 301 g/mol. The van der Waals surface area contributed by atoms with Gasteiger partial charge in [-0.15, -0.1) is 11.8 Å². The summed E-state index contributed by atoms with van der Waals surface area (Å²) in [5.74, 6) is 0.0145. The third-order valence-corrected chi connectivity index (χ3v) is 5.27. The van der Waals surface area contributed by atoms with Gasteiger partial charge in [-0.05, 0) is 6.42 Å². The monoisotopic (exact) mass is 301 g/mol. The Hall–Kier alpha value is -0.220. The van der Waals surface area contributed by atoms with Crippen LogP contribution >= 0.6 is 11.8 Å². The minimum Gasteiger partial charge on any atom is -0.480 e. The van der Waals surface area contributed by atoms with Crippen LogP contribution in [-0.2, 0) is 4.79 Å². The lowest BCUT2D eigenvalue weighted by molar-refractivity contribution is -0.138. The van der Waals surface area contributed by atoms with Crippen molar-refractivity contribution < 1.29 is 9.90 Å². The Morgan fingerprint density at radius 1 is 1.05 bits per heavy atom. The molecule has 1 fully saturated rings. The number of hydrogen-bond acceptors (Lipinski definition) is 3. The third kappa shape index (κ3) is 8.15. The topological polar surface area (TPSA) is 49.3 Å². The van der Waals surface area contributed by atoms with Gasteiger partial charge in [-0.25, -0.2) is 0 Å². The fourth-order valence-corrected chi connectivity index (χ4v) is 3.92. The molecule has 20 heavy (non-hydrogen) atoms. The summed E-state index contributed by atoms with van der Waals surface area (Å²) in [5.41, 5.74) is 0. The first kappa shape index (κ1) is 17.8. The van der Waals surface area contributed by atoms with Gasteiger partial charge in [0.1, 0.15) is 6.04 Å². The molecule has 1 heterocycles. The molecule has 0 aromatic heterocycles. The number of nitrogens with one attached hydrogen (secondary N) is 1. The van der Waals surface area contributed by atoms with Crippen molar-refractivity contribution in [2.45, 2.75) is 89.0 Å². The minimum atomic E-state index is -0.705. The molecular formula is C16H31NO2S. The Bertz CT molecular complexity index is 261. The van der Waals surface area contributed by atoms with E-state index >= 15 is 0 Å². The summed E-state index contributed by atoms with van der Waals surface area (Å²) in [5, 5.41) is 12.5. The molecular weight excluding hydrogens is 270 g/mol. The first-order valence-corrected chi connectivity index (χ1v) is 9.39. The van der Waals surface area contributed by atoms with Gasteiger partial charge < -0.3 is 5.11 Å². The van der Waals surface area contributed by atoms with Crippen molar-refractivity contribution in [1.82, 2.24) is 5.32 Å². The Morgan fingerprint density at radius 2 is 1.60 bits per heavy atom. The Balaban J connectivity index is 1.82. The highest BCUT2D eigenvalue weighted by atomic mass is 32.2. The zero-order valence-corrected chi connectivity index (χ0v) is 13.7. The van der Waals surface area contributed by atoms with Crippen molar-refractivity contribution >= 4 is 17.7 Å². The first-order valence-electron chi connectivity index (χ1n) is 8.34. The predicted molar refractivity (Wildman–Crippen MR) is 87.3 cm³/mol. The summed E-state index contributed by atoms with van der Waals surface area (Å²) >= 11 is 1.77. The maximum Gasteiger partial charge on any atom is 0.321 e. The number of hydrogen-bond donors (Lipinski definition) is 2. The minimum absolute atomic E-state index is 0.326. The number of unbranched alkanes of at least 4 members (excludes halogenated alkanes) is 9. The molecule has 1 aliphatic heterocycles. The molecule has 0 aromatic rings. The second-order valence-electron chi connectivity index (χ2n) is 5.85. The van der Waals surface area contributed by atoms with Gasteiger partial charge in [0, 0.05) is 5.75 Å². The molecule has 1 aliphatic rings. The van der Waals surface area contributed by atoms with Crippen LogP contribution in [0.4, 0.5) is 0 Å². The second-order valence-corrected chi connectivity index (χ2v) is 7.09. The summed E-state index contributed by atoms with van der Waals surface area (Å²) in [4.78, 5) is 10.8. The van der Waals surface area contributed by atoms with Crippen LogP contribution in [0.5, 0.6) is 0 Å². The highest BCUT2D eigenvalue weighted by Gasteiger charge is 2.28. The molecule has 0 aliphatic carbocycles. The summed E-state index contributed by atoms with van der Waals surface area (Å²) < 4.78 is 0. The van der Waals surface area contributed by atoms with Crippen LogP contribution in [-0.4, -0.2) is 28.2 Å². The second kappa shape index (κ2) is 11.4. The number of carboxylic acids is 1. The van der Waals surface area contributed by atoms with Crippen LogP contribution in [0.1, 0.15) is 77.6 Å². The molecule has 1 saturated heterocycles. The largest absolute Gasteiger partial charge is 0.480 e. The van der Waals surface area contributed by atoms with E-state index in [1.54, 1.807) is 11.8 Å². The van der Waals surface area contributed by atoms with Crippen LogP contribution in [0.3, 0.4) is 0 Å². The first-order chi connectivity index (χ1) is 9.74. The highest BCUT2D eigenvalue weighted by molar-refractivity contribution is 8.00. The van der Waals surface area contributed by atoms with Gasteiger partial charge in [-0.3, -0.25) is 10.1 Å². The molecule has 0 unspecified atom stereocenters. The molecule has 0 bridgehead atoms. The van der Waals surface area contributed by atoms with Crippen LogP contribution in [0, 0.1) is 0 Å². The highest BCUT2D eigenvalue weighted by Crippen LogP contribution is 2.23. The van der Waals surface area contributed by atoms with Gasteiger partial charge in [0.2, 0.25) is 0 Å². The van der Waals surface area contributed by atoms with Gasteiger partial charge in [-0.2, -0.15) is 0 Å². The van der Waals surface area contributed by atoms with Crippen molar-refractivity contribution in [2.75, 3.05) is 5.75 Å². The van der Waals surface area contributed by atoms with E-state index in [1.165, 1.54) is 64.2 Å². The Kier molecular flexibility index (Phi) is 10.2. The predicted octanol–water partition coefficient (Wildman–Crippen LogP) is 4.41. The van der Waals surface area contributed by atoms with Gasteiger partial charge in [0.05, 0.1) is 5.37 Å². The summed E-state index contributed by atoms with van der Waals surface area (Å²) in [7, 11) is 0. The molecule has 118 valence electrons. The number of carboxylic acid groups (broad SMARTS) is 1. The summed E-state index contributed by atoms with van der Waals surface area (Å²) in [6.45, 7) is 2.26. The number of rotatable bonds is 12. The van der Waals surface area contributed by atoms with E-state index in [-0.39, 0.29) is 6.04 Å². The van der Waals surface area contributed by atoms with E-state index in [0.29, 0.717) is 5.37 Å². The van der Waals surface area contributed by atoms with E-state index in [9.17, 15) is 4.79 Å².